The van der Waals surface area contributed by atoms with Crippen LogP contribution >= 0.6 is 0 Å². The van der Waals surface area contributed by atoms with Crippen LogP contribution in [-0.2, 0) is 9.47 Å². The molecule has 0 saturated carbocycles. The van der Waals surface area contributed by atoms with Crippen molar-refractivity contribution >= 4 is 0 Å². The van der Waals surface area contributed by atoms with Crippen molar-refractivity contribution in [2.75, 3.05) is 33.4 Å². The third-order valence-corrected chi connectivity index (χ3v) is 2.15. The minimum atomic E-state index is 0.346. The Morgan fingerprint density at radius 3 is 2.10 bits per heavy atom. The van der Waals surface area contributed by atoms with Gasteiger partial charge in [0.05, 0.1) is 25.4 Å². The normalized spacial score (nSPS) is 41.7. The van der Waals surface area contributed by atoms with Gasteiger partial charge < -0.3 is 14.4 Å². The molecular formula is C7H13NO2. The van der Waals surface area contributed by atoms with Crippen molar-refractivity contribution in [1.29, 1.82) is 0 Å². The highest BCUT2D eigenvalue weighted by Crippen LogP contribution is 2.18. The molecule has 2 rings (SSSR count). The topological polar surface area (TPSA) is 21.7 Å². The van der Waals surface area contributed by atoms with Gasteiger partial charge in [0.15, 0.2) is 0 Å². The molecule has 0 bridgehead atoms. The van der Waals surface area contributed by atoms with Crippen molar-refractivity contribution in [3.63, 3.8) is 0 Å². The molecule has 10 heavy (non-hydrogen) atoms. The average Bonchev–Trinajstić information content (AvgIpc) is 2.27. The number of rotatable bonds is 0. The average molecular weight is 143 g/mol. The molecule has 0 amide bonds. The minimum Gasteiger partial charge on any atom is -0.372 e. The van der Waals surface area contributed by atoms with Crippen LogP contribution in [0.5, 0.6) is 0 Å². The van der Waals surface area contributed by atoms with Crippen LogP contribution in [0, 0.1) is 0 Å². The molecular weight excluding hydrogens is 130 g/mol. The van der Waals surface area contributed by atoms with Crippen LogP contribution in [0.25, 0.3) is 0 Å². The van der Waals surface area contributed by atoms with Crippen molar-refractivity contribution in [3.8, 4) is 0 Å². The van der Waals surface area contributed by atoms with Crippen LogP contribution in [0.1, 0.15) is 0 Å². The first kappa shape index (κ1) is 6.58. The summed E-state index contributed by atoms with van der Waals surface area (Å²) in [6.07, 6.45) is 0.692. The first-order valence-electron chi connectivity index (χ1n) is 3.78. The van der Waals surface area contributed by atoms with Gasteiger partial charge in [-0.2, -0.15) is 0 Å². The van der Waals surface area contributed by atoms with Gasteiger partial charge >= 0.3 is 0 Å². The summed E-state index contributed by atoms with van der Waals surface area (Å²) in [5.74, 6) is 0. The standard InChI is InChI=1S/C7H13NO2/c1-8-4-6-7(5-8)10-3-2-9-6/h6-7H,2-5H2,1H3/t6-,7-/m1/s1. The lowest BCUT2D eigenvalue weighted by molar-refractivity contribution is -0.116. The van der Waals surface area contributed by atoms with Crippen LogP contribution in [0.2, 0.25) is 0 Å². The molecule has 3 heteroatoms. The predicted octanol–water partition coefficient (Wildman–Crippen LogP) is -0.284. The maximum absolute atomic E-state index is 5.51. The van der Waals surface area contributed by atoms with Gasteiger partial charge in [-0.25, -0.2) is 0 Å². The Kier molecular flexibility index (Phi) is 1.64. The summed E-state index contributed by atoms with van der Waals surface area (Å²) in [5, 5.41) is 0. The summed E-state index contributed by atoms with van der Waals surface area (Å²) >= 11 is 0. The Bertz CT molecular complexity index is 115. The molecule has 0 spiro atoms. The van der Waals surface area contributed by atoms with Gasteiger partial charge in [0.25, 0.3) is 0 Å². The maximum Gasteiger partial charge on any atom is 0.0976 e. The Hall–Kier alpha value is -0.120. The zero-order valence-electron chi connectivity index (χ0n) is 6.25. The number of hydrogen-bond acceptors (Lipinski definition) is 3. The fraction of sp³-hybridized carbons (Fsp3) is 1.00. The van der Waals surface area contributed by atoms with Crippen molar-refractivity contribution in [2.24, 2.45) is 0 Å². The summed E-state index contributed by atoms with van der Waals surface area (Å²) in [6, 6.07) is 0. The van der Waals surface area contributed by atoms with Crippen LogP contribution < -0.4 is 0 Å². The van der Waals surface area contributed by atoms with E-state index in [2.05, 4.69) is 11.9 Å². The van der Waals surface area contributed by atoms with Gasteiger partial charge in [-0.05, 0) is 7.05 Å². The quantitative estimate of drug-likeness (QED) is 0.465. The lowest BCUT2D eigenvalue weighted by Gasteiger charge is -2.24. The monoisotopic (exact) mass is 143 g/mol. The lowest BCUT2D eigenvalue weighted by atomic mass is 10.2. The molecule has 3 nitrogen and oxygen atoms in total. The van der Waals surface area contributed by atoms with Gasteiger partial charge in [0.1, 0.15) is 0 Å². The summed E-state index contributed by atoms with van der Waals surface area (Å²) in [4.78, 5) is 2.25. The Labute approximate surface area is 60.9 Å². The zero-order chi connectivity index (χ0) is 6.97. The summed E-state index contributed by atoms with van der Waals surface area (Å²) < 4.78 is 11.0. The fourth-order valence-corrected chi connectivity index (χ4v) is 1.64. The van der Waals surface area contributed by atoms with E-state index < -0.39 is 0 Å². The van der Waals surface area contributed by atoms with Crippen molar-refractivity contribution in [1.82, 2.24) is 4.90 Å². The lowest BCUT2D eigenvalue weighted by Crippen LogP contribution is -2.36. The van der Waals surface area contributed by atoms with Crippen LogP contribution in [0.3, 0.4) is 0 Å². The Balaban J connectivity index is 1.97. The molecule has 0 radical (unpaired) electrons. The number of ether oxygens (including phenoxy) is 2. The molecule has 2 aliphatic heterocycles. The Morgan fingerprint density at radius 2 is 1.60 bits per heavy atom. The van der Waals surface area contributed by atoms with Crippen molar-refractivity contribution in [2.45, 2.75) is 12.2 Å². The van der Waals surface area contributed by atoms with E-state index in [0.29, 0.717) is 12.2 Å². The highest BCUT2D eigenvalue weighted by molar-refractivity contribution is 4.85. The first-order chi connectivity index (χ1) is 4.86. The van der Waals surface area contributed by atoms with Gasteiger partial charge in [-0.15, -0.1) is 0 Å². The highest BCUT2D eigenvalue weighted by atomic mass is 16.6. The minimum absolute atomic E-state index is 0.346. The van der Waals surface area contributed by atoms with E-state index in [4.69, 9.17) is 9.47 Å². The second-order valence-corrected chi connectivity index (χ2v) is 3.04. The number of nitrogens with zero attached hydrogens (tertiary/aromatic N) is 1. The number of likely N-dealkylation sites (N-methyl/N-ethyl adjacent to an activating group) is 1. The van der Waals surface area contributed by atoms with Gasteiger partial charge in [-0.3, -0.25) is 0 Å². The van der Waals surface area contributed by atoms with Gasteiger partial charge in [-0.1, -0.05) is 0 Å². The SMILES string of the molecule is CN1C[C@H]2OCCO[C@@H]2C1. The second-order valence-electron chi connectivity index (χ2n) is 3.04. The Morgan fingerprint density at radius 1 is 1.10 bits per heavy atom. The van der Waals surface area contributed by atoms with E-state index in [0.717, 1.165) is 26.3 Å². The summed E-state index contributed by atoms with van der Waals surface area (Å²) in [7, 11) is 2.10. The molecule has 2 atom stereocenters. The maximum atomic E-state index is 5.51. The zero-order valence-corrected chi connectivity index (χ0v) is 6.25. The van der Waals surface area contributed by atoms with E-state index in [9.17, 15) is 0 Å². The molecule has 2 fully saturated rings. The van der Waals surface area contributed by atoms with Crippen LogP contribution in [0.15, 0.2) is 0 Å². The molecule has 0 N–H and O–H groups in total. The van der Waals surface area contributed by atoms with E-state index >= 15 is 0 Å². The predicted molar refractivity (Wildman–Crippen MR) is 37.0 cm³/mol. The van der Waals surface area contributed by atoms with Crippen LogP contribution in [-0.4, -0.2) is 50.5 Å². The van der Waals surface area contributed by atoms with E-state index in [1.165, 1.54) is 0 Å². The van der Waals surface area contributed by atoms with Crippen LogP contribution in [0.4, 0.5) is 0 Å². The smallest absolute Gasteiger partial charge is 0.0976 e. The molecule has 58 valence electrons. The molecule has 0 aromatic rings. The highest BCUT2D eigenvalue weighted by Gasteiger charge is 2.34. The van der Waals surface area contributed by atoms with E-state index in [1.807, 2.05) is 0 Å². The number of likely N-dealkylation sites (tertiary alicyclic amines) is 1. The molecule has 0 aromatic heterocycles. The van der Waals surface area contributed by atoms with E-state index in [-0.39, 0.29) is 0 Å². The van der Waals surface area contributed by atoms with Crippen molar-refractivity contribution in [3.05, 3.63) is 0 Å². The molecule has 2 heterocycles. The molecule has 0 aliphatic carbocycles. The molecule has 0 aromatic carbocycles. The third kappa shape index (κ3) is 1.05. The number of fused-ring (bicyclic) bond motifs is 1. The summed E-state index contributed by atoms with van der Waals surface area (Å²) in [6.45, 7) is 3.61. The molecule has 2 saturated heterocycles. The fourth-order valence-electron chi connectivity index (χ4n) is 1.64. The molecule has 0 unspecified atom stereocenters. The number of hydrogen-bond donors (Lipinski definition) is 0. The molecule has 2 aliphatic rings. The van der Waals surface area contributed by atoms with Gasteiger partial charge in [0, 0.05) is 13.1 Å². The third-order valence-electron chi connectivity index (χ3n) is 2.15. The first-order valence-corrected chi connectivity index (χ1v) is 3.78. The van der Waals surface area contributed by atoms with Crippen molar-refractivity contribution < 1.29 is 9.47 Å². The second kappa shape index (κ2) is 2.49. The summed E-state index contributed by atoms with van der Waals surface area (Å²) in [5.41, 5.74) is 0. The van der Waals surface area contributed by atoms with Gasteiger partial charge in [0.2, 0.25) is 0 Å². The van der Waals surface area contributed by atoms with E-state index in [1.54, 1.807) is 0 Å². The largest absolute Gasteiger partial charge is 0.372 e.